The Morgan fingerprint density at radius 1 is 1.24 bits per heavy atom. The van der Waals surface area contributed by atoms with E-state index in [1.807, 2.05) is 4.42 Å². The van der Waals surface area contributed by atoms with Crippen LogP contribution in [0.4, 0.5) is 0 Å². The molecule has 0 saturated carbocycles. The number of nitrogens with zero attached hydrogens (tertiary/aromatic N) is 1. The van der Waals surface area contributed by atoms with Gasteiger partial charge in [-0.2, -0.15) is 0 Å². The summed E-state index contributed by atoms with van der Waals surface area (Å²) in [6.07, 6.45) is 4.60. The molecule has 0 fully saturated rings. The van der Waals surface area contributed by atoms with Gasteiger partial charge < -0.3 is 4.74 Å². The molecule has 0 N–H and O–H groups in total. The molecule has 2 nitrogen and oxygen atoms in total. The molecular weight excluding hydrogens is 305 g/mol. The van der Waals surface area contributed by atoms with Crippen LogP contribution in [0, 0.1) is 0 Å². The molecule has 0 amide bonds. The molecule has 1 atom stereocenters. The van der Waals surface area contributed by atoms with Crippen molar-refractivity contribution < 1.29 is 4.74 Å². The zero-order chi connectivity index (χ0) is 15.0. The Hall–Kier alpha value is -0.700. The van der Waals surface area contributed by atoms with Gasteiger partial charge in [-0.15, -0.1) is 0 Å². The summed E-state index contributed by atoms with van der Waals surface area (Å²) in [6.45, 7) is 3.99. The van der Waals surface area contributed by atoms with E-state index >= 15 is 0 Å². The Labute approximate surface area is 136 Å². The molecule has 4 heteroatoms. The average Bonchev–Trinajstić information content (AvgIpc) is 2.82. The van der Waals surface area contributed by atoms with Crippen LogP contribution in [0.3, 0.4) is 0 Å². The lowest BCUT2D eigenvalue weighted by Crippen LogP contribution is -2.20. The molecule has 1 aliphatic carbocycles. The molecule has 3 rings (SSSR count). The molecule has 114 valence electrons. The average molecular weight is 326 g/mol. The molecule has 0 aromatic heterocycles. The summed E-state index contributed by atoms with van der Waals surface area (Å²) in [7, 11) is 1.67. The molecule has 1 aromatic carbocycles. The maximum Gasteiger partial charge on any atom is 0.137 e. The normalized spacial score (nSPS) is 23.1. The minimum Gasteiger partial charge on any atom is -0.495 e. The number of ether oxygens (including phenoxy) is 1. The van der Waals surface area contributed by atoms with Gasteiger partial charge in [0.25, 0.3) is 0 Å². The molecule has 0 saturated heterocycles. The summed E-state index contributed by atoms with van der Waals surface area (Å²) in [4.78, 5) is 0. The van der Waals surface area contributed by atoms with Crippen LogP contribution >= 0.6 is 23.4 Å². The fourth-order valence-electron chi connectivity index (χ4n) is 3.62. The van der Waals surface area contributed by atoms with Crippen molar-refractivity contribution in [2.75, 3.05) is 20.2 Å². The summed E-state index contributed by atoms with van der Waals surface area (Å²) < 4.78 is 7.34. The number of allylic oxidation sites excluding steroid dienone is 1. The lowest BCUT2D eigenvalue weighted by atomic mass is 9.86. The Balaban J connectivity index is 2.10. The van der Waals surface area contributed by atoms with Crippen LogP contribution < -0.4 is 4.74 Å². The van der Waals surface area contributed by atoms with E-state index in [1.165, 1.54) is 36.0 Å². The lowest BCUT2D eigenvalue weighted by Gasteiger charge is -2.23. The SMILES string of the molecule is COc1cc2c(cc1Cl)CCN(Cl)CC2C1=C(C)CCC1. The van der Waals surface area contributed by atoms with Crippen LogP contribution in [0.5, 0.6) is 5.75 Å². The Bertz CT molecular complexity index is 582. The number of methoxy groups -OCH3 is 1. The van der Waals surface area contributed by atoms with Crippen molar-refractivity contribution in [2.24, 2.45) is 0 Å². The van der Waals surface area contributed by atoms with Crippen molar-refractivity contribution in [3.63, 3.8) is 0 Å². The van der Waals surface area contributed by atoms with Crippen LogP contribution in [0.25, 0.3) is 0 Å². The van der Waals surface area contributed by atoms with Crippen molar-refractivity contribution in [1.29, 1.82) is 0 Å². The van der Waals surface area contributed by atoms with Gasteiger partial charge in [0.2, 0.25) is 0 Å². The van der Waals surface area contributed by atoms with E-state index in [-0.39, 0.29) is 0 Å². The second-order valence-electron chi connectivity index (χ2n) is 6.02. The lowest BCUT2D eigenvalue weighted by molar-refractivity contribution is 0.413. The van der Waals surface area contributed by atoms with Crippen molar-refractivity contribution in [2.45, 2.75) is 38.5 Å². The number of rotatable bonds is 2. The highest BCUT2D eigenvalue weighted by Gasteiger charge is 2.29. The van der Waals surface area contributed by atoms with E-state index in [9.17, 15) is 0 Å². The predicted molar refractivity (Wildman–Crippen MR) is 88.4 cm³/mol. The first kappa shape index (κ1) is 15.2. The monoisotopic (exact) mass is 325 g/mol. The molecule has 1 heterocycles. The largest absolute Gasteiger partial charge is 0.495 e. The molecule has 21 heavy (non-hydrogen) atoms. The fourth-order valence-corrected chi connectivity index (χ4v) is 4.11. The van der Waals surface area contributed by atoms with Gasteiger partial charge in [-0.05, 0) is 67.6 Å². The van der Waals surface area contributed by atoms with Crippen molar-refractivity contribution in [1.82, 2.24) is 4.42 Å². The number of hydrogen-bond donors (Lipinski definition) is 0. The first-order valence-electron chi connectivity index (χ1n) is 7.55. The first-order valence-corrected chi connectivity index (χ1v) is 8.27. The summed E-state index contributed by atoms with van der Waals surface area (Å²) in [5.41, 5.74) is 5.75. The third-order valence-corrected chi connectivity index (χ3v) is 5.36. The topological polar surface area (TPSA) is 12.5 Å². The van der Waals surface area contributed by atoms with Gasteiger partial charge in [-0.25, -0.2) is 4.42 Å². The standard InChI is InChI=1S/C17H21Cl2NO/c1-11-4-3-5-13(11)15-10-20(19)7-6-12-8-16(18)17(21-2)9-14(12)15/h8-9,15H,3-7,10H2,1-2H3. The van der Waals surface area contributed by atoms with Gasteiger partial charge in [0.05, 0.1) is 12.1 Å². The van der Waals surface area contributed by atoms with Crippen molar-refractivity contribution in [3.05, 3.63) is 39.4 Å². The maximum atomic E-state index is 6.39. The Morgan fingerprint density at radius 2 is 2.05 bits per heavy atom. The molecule has 0 bridgehead atoms. The van der Waals surface area contributed by atoms with E-state index in [2.05, 4.69) is 19.1 Å². The predicted octanol–water partition coefficient (Wildman–Crippen LogP) is 4.94. The number of hydrogen-bond acceptors (Lipinski definition) is 2. The highest BCUT2D eigenvalue weighted by atomic mass is 35.5. The third-order valence-electron chi connectivity index (χ3n) is 4.76. The minimum atomic E-state index is 0.369. The number of fused-ring (bicyclic) bond motifs is 1. The summed E-state index contributed by atoms with van der Waals surface area (Å²) in [5.74, 6) is 1.13. The highest BCUT2D eigenvalue weighted by Crippen LogP contribution is 2.42. The van der Waals surface area contributed by atoms with Gasteiger partial charge in [-0.3, -0.25) is 0 Å². The smallest absolute Gasteiger partial charge is 0.137 e. The zero-order valence-electron chi connectivity index (χ0n) is 12.6. The number of halogens is 2. The van der Waals surface area contributed by atoms with Crippen LogP contribution in [0.1, 0.15) is 43.2 Å². The van der Waals surface area contributed by atoms with E-state index in [0.29, 0.717) is 10.9 Å². The highest BCUT2D eigenvalue weighted by molar-refractivity contribution is 6.32. The molecule has 0 spiro atoms. The number of benzene rings is 1. The second-order valence-corrected chi connectivity index (χ2v) is 6.90. The molecule has 1 aromatic rings. The van der Waals surface area contributed by atoms with Crippen LogP contribution in [0.2, 0.25) is 5.02 Å². The third kappa shape index (κ3) is 2.94. The minimum absolute atomic E-state index is 0.369. The van der Waals surface area contributed by atoms with Crippen LogP contribution in [0.15, 0.2) is 23.3 Å². The fraction of sp³-hybridized carbons (Fsp3) is 0.529. The molecule has 0 radical (unpaired) electrons. The quantitative estimate of drug-likeness (QED) is 0.563. The van der Waals surface area contributed by atoms with E-state index in [4.69, 9.17) is 28.1 Å². The van der Waals surface area contributed by atoms with Crippen molar-refractivity contribution in [3.8, 4) is 5.75 Å². The van der Waals surface area contributed by atoms with E-state index < -0.39 is 0 Å². The van der Waals surface area contributed by atoms with Gasteiger partial charge >= 0.3 is 0 Å². The maximum absolute atomic E-state index is 6.39. The Kier molecular flexibility index (Phi) is 4.49. The molecule has 1 aliphatic heterocycles. The van der Waals surface area contributed by atoms with E-state index in [0.717, 1.165) is 25.3 Å². The van der Waals surface area contributed by atoms with Crippen LogP contribution in [-0.2, 0) is 6.42 Å². The van der Waals surface area contributed by atoms with Gasteiger partial charge in [0.15, 0.2) is 0 Å². The van der Waals surface area contributed by atoms with Crippen LogP contribution in [-0.4, -0.2) is 24.6 Å². The summed E-state index contributed by atoms with van der Waals surface area (Å²) >= 11 is 12.7. The second kappa shape index (κ2) is 6.20. The first-order chi connectivity index (χ1) is 10.1. The molecular formula is C17H21Cl2NO. The molecule has 1 unspecified atom stereocenters. The van der Waals surface area contributed by atoms with Crippen molar-refractivity contribution >= 4 is 23.4 Å². The Morgan fingerprint density at radius 3 is 2.71 bits per heavy atom. The van der Waals surface area contributed by atoms with Gasteiger partial charge in [-0.1, -0.05) is 22.7 Å². The summed E-state index contributed by atoms with van der Waals surface area (Å²) in [5, 5.41) is 0.690. The van der Waals surface area contributed by atoms with E-state index in [1.54, 1.807) is 12.7 Å². The molecule has 2 aliphatic rings. The summed E-state index contributed by atoms with van der Waals surface area (Å²) in [6, 6.07) is 4.18. The zero-order valence-corrected chi connectivity index (χ0v) is 14.1. The van der Waals surface area contributed by atoms with Gasteiger partial charge in [0, 0.05) is 19.0 Å². The van der Waals surface area contributed by atoms with Gasteiger partial charge in [0.1, 0.15) is 5.75 Å².